The maximum atomic E-state index is 12.9. The van der Waals surface area contributed by atoms with Gasteiger partial charge in [-0.05, 0) is 38.5 Å². The van der Waals surface area contributed by atoms with Crippen molar-refractivity contribution in [1.29, 1.82) is 0 Å². The maximum Gasteiger partial charge on any atom is 0.419 e. The number of cyclic esters (lactones) is 1. The van der Waals surface area contributed by atoms with Crippen molar-refractivity contribution in [2.45, 2.75) is 45.5 Å². The first-order chi connectivity index (χ1) is 14.7. The lowest BCUT2D eigenvalue weighted by Gasteiger charge is -2.19. The predicted octanol–water partition coefficient (Wildman–Crippen LogP) is 5.55. The lowest BCUT2D eigenvalue weighted by Crippen LogP contribution is -2.26. The summed E-state index contributed by atoms with van der Waals surface area (Å²) < 4.78 is 18.4. The summed E-state index contributed by atoms with van der Waals surface area (Å²) in [6.07, 6.45) is 1.07. The van der Waals surface area contributed by atoms with Crippen molar-refractivity contribution in [3.63, 3.8) is 0 Å². The first kappa shape index (κ1) is 20.7. The molecule has 3 aromatic rings. The molecule has 31 heavy (non-hydrogen) atoms. The van der Waals surface area contributed by atoms with Crippen LogP contribution in [0, 0.1) is 0 Å². The Labute approximate surface area is 181 Å². The summed E-state index contributed by atoms with van der Waals surface area (Å²) in [5.41, 5.74) is 2.18. The van der Waals surface area contributed by atoms with Crippen molar-refractivity contribution < 1.29 is 23.8 Å². The monoisotopic (exact) mass is 419 g/mol. The Kier molecular flexibility index (Phi) is 5.31. The summed E-state index contributed by atoms with van der Waals surface area (Å²) in [6.45, 7) is 9.61. The van der Waals surface area contributed by atoms with Crippen molar-refractivity contribution in [2.24, 2.45) is 0 Å². The molecule has 0 radical (unpaired) electrons. The lowest BCUT2D eigenvalue weighted by atomic mass is 10.0. The summed E-state index contributed by atoms with van der Waals surface area (Å²) in [5.74, 6) is 0.213. The Bertz CT molecular complexity index is 1140. The molecule has 0 N–H and O–H groups in total. The zero-order valence-electron chi connectivity index (χ0n) is 17.9. The summed E-state index contributed by atoms with van der Waals surface area (Å²) in [5, 5.41) is 0.797. The van der Waals surface area contributed by atoms with Crippen LogP contribution in [0.3, 0.4) is 0 Å². The van der Waals surface area contributed by atoms with E-state index in [2.05, 4.69) is 6.58 Å². The highest BCUT2D eigenvalue weighted by molar-refractivity contribution is 5.95. The fourth-order valence-corrected chi connectivity index (χ4v) is 3.52. The second-order valence-electron chi connectivity index (χ2n) is 8.59. The molecule has 1 saturated heterocycles. The van der Waals surface area contributed by atoms with Gasteiger partial charge in [-0.2, -0.15) is 0 Å². The van der Waals surface area contributed by atoms with Gasteiger partial charge in [0, 0.05) is 35.2 Å². The van der Waals surface area contributed by atoms with Crippen molar-refractivity contribution in [3.05, 3.63) is 78.0 Å². The van der Waals surface area contributed by atoms with Gasteiger partial charge in [-0.25, -0.2) is 9.59 Å². The van der Waals surface area contributed by atoms with Crippen LogP contribution in [0.5, 0.6) is 5.75 Å². The molecule has 6 nitrogen and oxygen atoms in total. The maximum absolute atomic E-state index is 12.9. The van der Waals surface area contributed by atoms with Crippen molar-refractivity contribution in [1.82, 2.24) is 4.57 Å². The van der Waals surface area contributed by atoms with E-state index in [1.165, 1.54) is 4.57 Å². The number of hydrogen-bond acceptors (Lipinski definition) is 5. The molecule has 0 saturated carbocycles. The molecule has 1 fully saturated rings. The lowest BCUT2D eigenvalue weighted by molar-refractivity contribution is -0.139. The third kappa shape index (κ3) is 4.48. The van der Waals surface area contributed by atoms with Crippen LogP contribution in [-0.2, 0) is 20.9 Å². The number of benzene rings is 2. The fraction of sp³-hybridized carbons (Fsp3) is 0.280. The van der Waals surface area contributed by atoms with Crippen molar-refractivity contribution in [3.8, 4) is 5.75 Å². The third-order valence-electron chi connectivity index (χ3n) is 4.96. The van der Waals surface area contributed by atoms with Crippen LogP contribution in [-0.4, -0.2) is 22.2 Å². The van der Waals surface area contributed by atoms with E-state index in [1.54, 1.807) is 12.3 Å². The quantitative estimate of drug-likeness (QED) is 0.410. The average molecular weight is 419 g/mol. The normalized spacial score (nSPS) is 16.4. The Morgan fingerprint density at radius 2 is 1.94 bits per heavy atom. The van der Waals surface area contributed by atoms with Gasteiger partial charge < -0.3 is 14.2 Å². The average Bonchev–Trinajstić information content (AvgIpc) is 3.25. The van der Waals surface area contributed by atoms with Gasteiger partial charge in [0.25, 0.3) is 0 Å². The number of hydrogen-bond donors (Lipinski definition) is 0. The molecule has 1 atom stereocenters. The molecule has 2 aromatic carbocycles. The molecule has 1 aliphatic rings. The van der Waals surface area contributed by atoms with Gasteiger partial charge in [-0.15, -0.1) is 0 Å². The highest BCUT2D eigenvalue weighted by Gasteiger charge is 2.32. The van der Waals surface area contributed by atoms with Gasteiger partial charge in [0.05, 0.1) is 5.52 Å². The van der Waals surface area contributed by atoms with Gasteiger partial charge >= 0.3 is 12.1 Å². The van der Waals surface area contributed by atoms with E-state index in [0.717, 1.165) is 16.5 Å². The van der Waals surface area contributed by atoms with Crippen LogP contribution >= 0.6 is 0 Å². The molecule has 0 spiro atoms. The summed E-state index contributed by atoms with van der Waals surface area (Å²) in [4.78, 5) is 24.8. The zero-order chi connectivity index (χ0) is 22.2. The fourth-order valence-electron chi connectivity index (χ4n) is 3.52. The van der Waals surface area contributed by atoms with Gasteiger partial charge in [0.15, 0.2) is 0 Å². The number of rotatable bonds is 4. The minimum Gasteiger partial charge on any atom is -0.489 e. The first-order valence-corrected chi connectivity index (χ1v) is 10.1. The van der Waals surface area contributed by atoms with E-state index < -0.39 is 23.8 Å². The van der Waals surface area contributed by atoms with Crippen LogP contribution < -0.4 is 4.74 Å². The van der Waals surface area contributed by atoms with Crippen LogP contribution in [0.15, 0.2) is 66.9 Å². The largest absolute Gasteiger partial charge is 0.489 e. The number of nitrogens with zero attached hydrogens (tertiary/aromatic N) is 1. The summed E-state index contributed by atoms with van der Waals surface area (Å²) in [7, 11) is 0. The Hall–Kier alpha value is -3.54. The van der Waals surface area contributed by atoms with E-state index in [0.29, 0.717) is 29.9 Å². The molecule has 1 unspecified atom stereocenters. The topological polar surface area (TPSA) is 66.8 Å². The smallest absolute Gasteiger partial charge is 0.419 e. The second-order valence-corrected chi connectivity index (χ2v) is 8.59. The van der Waals surface area contributed by atoms with Crippen molar-refractivity contribution in [2.75, 3.05) is 0 Å². The molecule has 1 aromatic heterocycles. The molecule has 0 amide bonds. The predicted molar refractivity (Wildman–Crippen MR) is 117 cm³/mol. The van der Waals surface area contributed by atoms with Gasteiger partial charge in [0.1, 0.15) is 24.1 Å². The third-order valence-corrected chi connectivity index (χ3v) is 4.96. The van der Waals surface area contributed by atoms with Crippen LogP contribution in [0.1, 0.15) is 44.4 Å². The molecule has 0 aliphatic carbocycles. The molecule has 160 valence electrons. The van der Waals surface area contributed by atoms with Crippen LogP contribution in [0.2, 0.25) is 0 Å². The highest BCUT2D eigenvalue weighted by atomic mass is 16.6. The Balaban J connectivity index is 1.71. The number of aromatic nitrogens is 1. The molecule has 1 aliphatic heterocycles. The molecular weight excluding hydrogens is 394 g/mol. The van der Waals surface area contributed by atoms with E-state index in [-0.39, 0.29) is 0 Å². The van der Waals surface area contributed by atoms with Crippen LogP contribution in [0.25, 0.3) is 10.9 Å². The van der Waals surface area contributed by atoms with E-state index >= 15 is 0 Å². The Morgan fingerprint density at radius 1 is 1.19 bits per heavy atom. The van der Waals surface area contributed by atoms with Gasteiger partial charge in [-0.1, -0.05) is 36.9 Å². The molecule has 2 heterocycles. The first-order valence-electron chi connectivity index (χ1n) is 10.1. The molecular formula is C25H25NO5. The SMILES string of the molecule is C=C1CC(c2cn(C(=O)OC(C)(C)C)c3cc(OCc4ccccc4)ccc23)OC1=O. The zero-order valence-corrected chi connectivity index (χ0v) is 17.9. The van der Waals surface area contributed by atoms with Gasteiger partial charge in [0.2, 0.25) is 0 Å². The Morgan fingerprint density at radius 3 is 2.58 bits per heavy atom. The number of ether oxygens (including phenoxy) is 3. The van der Waals surface area contributed by atoms with E-state index in [9.17, 15) is 9.59 Å². The van der Waals surface area contributed by atoms with Gasteiger partial charge in [-0.3, -0.25) is 4.57 Å². The molecule has 6 heteroatoms. The number of carbonyl (C=O) groups excluding carboxylic acids is 2. The standard InChI is InChI=1S/C25H25NO5/c1-16-12-22(30-23(16)27)20-14-26(24(28)31-25(2,3)4)21-13-18(10-11-19(20)21)29-15-17-8-6-5-7-9-17/h5-11,13-14,22H,1,12,15H2,2-4H3. The van der Waals surface area contributed by atoms with E-state index in [1.807, 2.05) is 63.2 Å². The number of carbonyl (C=O) groups is 2. The summed E-state index contributed by atoms with van der Waals surface area (Å²) in [6, 6.07) is 15.4. The van der Waals surface area contributed by atoms with E-state index in [4.69, 9.17) is 14.2 Å². The molecule has 4 rings (SSSR count). The van der Waals surface area contributed by atoms with Crippen molar-refractivity contribution >= 4 is 23.0 Å². The summed E-state index contributed by atoms with van der Waals surface area (Å²) >= 11 is 0. The van der Waals surface area contributed by atoms with Crippen LogP contribution in [0.4, 0.5) is 4.79 Å². The number of fused-ring (bicyclic) bond motifs is 1. The minimum atomic E-state index is -0.649. The second kappa shape index (κ2) is 7.95. The highest BCUT2D eigenvalue weighted by Crippen LogP contribution is 2.38. The molecule has 0 bridgehead atoms. The number of esters is 1. The minimum absolute atomic E-state index is 0.387.